The van der Waals surface area contributed by atoms with Gasteiger partial charge in [0, 0.05) is 22.8 Å². The van der Waals surface area contributed by atoms with E-state index in [9.17, 15) is 13.2 Å². The third-order valence-electron chi connectivity index (χ3n) is 5.47. The standard InChI is InChI=1S/C29H22F3N/c1-2-3-4-22-8-14-25(33-19-22)13-7-21-6-11-23(28(31)18-21)10-5-20-9-15-26-24(17-20)12-16-27(30)29(26)32/h2,6,8-9,11-12,14-19H,1,3-4,7,13H2. The van der Waals surface area contributed by atoms with Gasteiger partial charge in [-0.05, 0) is 78.6 Å². The molecule has 0 spiro atoms. The van der Waals surface area contributed by atoms with E-state index >= 15 is 0 Å². The minimum atomic E-state index is -0.889. The monoisotopic (exact) mass is 441 g/mol. The summed E-state index contributed by atoms with van der Waals surface area (Å²) in [7, 11) is 0. The van der Waals surface area contributed by atoms with Gasteiger partial charge in [-0.25, -0.2) is 13.2 Å². The van der Waals surface area contributed by atoms with E-state index in [0.717, 1.165) is 36.6 Å². The molecular weight excluding hydrogens is 419 g/mol. The first-order valence-electron chi connectivity index (χ1n) is 10.8. The summed E-state index contributed by atoms with van der Waals surface area (Å²) in [5.74, 6) is 3.58. The number of hydrogen-bond donors (Lipinski definition) is 0. The van der Waals surface area contributed by atoms with Crippen LogP contribution in [0.3, 0.4) is 0 Å². The van der Waals surface area contributed by atoms with Gasteiger partial charge in [-0.3, -0.25) is 4.98 Å². The molecule has 0 N–H and O–H groups in total. The fourth-order valence-corrected chi connectivity index (χ4v) is 3.59. The predicted octanol–water partition coefficient (Wildman–Crippen LogP) is 6.96. The van der Waals surface area contributed by atoms with Gasteiger partial charge in [0.1, 0.15) is 5.82 Å². The number of aryl methyl sites for hydroxylation is 3. The molecule has 0 amide bonds. The molecule has 0 radical (unpaired) electrons. The summed E-state index contributed by atoms with van der Waals surface area (Å²) in [6, 6.07) is 16.4. The Morgan fingerprint density at radius 3 is 2.39 bits per heavy atom. The van der Waals surface area contributed by atoms with Crippen LogP contribution in [0.5, 0.6) is 0 Å². The van der Waals surface area contributed by atoms with E-state index in [0.29, 0.717) is 17.4 Å². The summed E-state index contributed by atoms with van der Waals surface area (Å²) in [6.07, 6.45) is 7.03. The van der Waals surface area contributed by atoms with Gasteiger partial charge in [0.05, 0.1) is 5.56 Å². The van der Waals surface area contributed by atoms with Crippen LogP contribution in [0.15, 0.2) is 79.5 Å². The van der Waals surface area contributed by atoms with Crippen LogP contribution in [0.2, 0.25) is 0 Å². The largest absolute Gasteiger partial charge is 0.261 e. The van der Waals surface area contributed by atoms with E-state index in [2.05, 4.69) is 29.5 Å². The first-order chi connectivity index (χ1) is 16.0. The molecule has 0 aliphatic carbocycles. The SMILES string of the molecule is C=CCCc1ccc(CCc2ccc(C#Cc3ccc4c(F)c(F)ccc4c3)c(F)c2)nc1. The molecule has 0 saturated carbocycles. The molecule has 4 aromatic rings. The highest BCUT2D eigenvalue weighted by molar-refractivity contribution is 5.84. The maximum absolute atomic E-state index is 14.6. The number of pyridine rings is 1. The molecule has 1 heterocycles. The van der Waals surface area contributed by atoms with Crippen molar-refractivity contribution in [1.29, 1.82) is 0 Å². The minimum Gasteiger partial charge on any atom is -0.261 e. The molecular formula is C29H22F3N. The van der Waals surface area contributed by atoms with Gasteiger partial charge >= 0.3 is 0 Å². The number of fused-ring (bicyclic) bond motifs is 1. The van der Waals surface area contributed by atoms with E-state index in [1.165, 1.54) is 23.8 Å². The number of allylic oxidation sites excluding steroid dienone is 1. The Hall–Kier alpha value is -3.84. The molecule has 1 nitrogen and oxygen atoms in total. The fourth-order valence-electron chi connectivity index (χ4n) is 3.59. The first-order valence-corrected chi connectivity index (χ1v) is 10.8. The van der Waals surface area contributed by atoms with Gasteiger partial charge in [-0.2, -0.15) is 0 Å². The van der Waals surface area contributed by atoms with Crippen molar-refractivity contribution < 1.29 is 13.2 Å². The number of benzene rings is 3. The Bertz CT molecular complexity index is 1360. The molecule has 0 fully saturated rings. The second-order valence-electron chi connectivity index (χ2n) is 7.85. The van der Waals surface area contributed by atoms with Gasteiger partial charge in [-0.15, -0.1) is 6.58 Å². The van der Waals surface area contributed by atoms with Crippen LogP contribution >= 0.6 is 0 Å². The zero-order valence-corrected chi connectivity index (χ0v) is 18.0. The highest BCUT2D eigenvalue weighted by Gasteiger charge is 2.07. The molecule has 0 aliphatic heterocycles. The Morgan fingerprint density at radius 1 is 0.788 bits per heavy atom. The van der Waals surface area contributed by atoms with Gasteiger partial charge < -0.3 is 0 Å². The summed E-state index contributed by atoms with van der Waals surface area (Å²) in [6.45, 7) is 3.73. The van der Waals surface area contributed by atoms with Crippen LogP contribution in [0.1, 0.15) is 34.4 Å². The molecule has 33 heavy (non-hydrogen) atoms. The Labute approximate surface area is 191 Å². The van der Waals surface area contributed by atoms with Crippen molar-refractivity contribution in [1.82, 2.24) is 4.98 Å². The lowest BCUT2D eigenvalue weighted by molar-refractivity contribution is 0.517. The number of aromatic nitrogens is 1. The highest BCUT2D eigenvalue weighted by Crippen LogP contribution is 2.21. The number of rotatable bonds is 6. The molecule has 0 atom stereocenters. The molecule has 0 unspecified atom stereocenters. The molecule has 164 valence electrons. The van der Waals surface area contributed by atoms with E-state index in [1.54, 1.807) is 18.2 Å². The van der Waals surface area contributed by atoms with Crippen molar-refractivity contribution in [3.8, 4) is 11.8 Å². The first kappa shape index (κ1) is 22.4. The van der Waals surface area contributed by atoms with Crippen molar-refractivity contribution >= 4 is 10.8 Å². The lowest BCUT2D eigenvalue weighted by Crippen LogP contribution is -1.97. The third kappa shape index (κ3) is 5.51. The number of halogens is 3. The van der Waals surface area contributed by atoms with Crippen LogP contribution in [0, 0.1) is 29.3 Å². The lowest BCUT2D eigenvalue weighted by atomic mass is 10.0. The van der Waals surface area contributed by atoms with E-state index < -0.39 is 11.6 Å². The predicted molar refractivity (Wildman–Crippen MR) is 126 cm³/mol. The Morgan fingerprint density at radius 2 is 1.64 bits per heavy atom. The lowest BCUT2D eigenvalue weighted by Gasteiger charge is -2.05. The zero-order chi connectivity index (χ0) is 23.2. The van der Waals surface area contributed by atoms with Gasteiger partial charge in [0.15, 0.2) is 11.6 Å². The smallest absolute Gasteiger partial charge is 0.166 e. The molecule has 1 aromatic heterocycles. The van der Waals surface area contributed by atoms with Crippen LogP contribution in [0.25, 0.3) is 10.8 Å². The summed E-state index contributed by atoms with van der Waals surface area (Å²) in [4.78, 5) is 4.49. The quantitative estimate of drug-likeness (QED) is 0.233. The Kier molecular flexibility index (Phi) is 6.90. The molecule has 4 heteroatoms. The van der Waals surface area contributed by atoms with Crippen molar-refractivity contribution in [3.63, 3.8) is 0 Å². The van der Waals surface area contributed by atoms with Crippen molar-refractivity contribution in [3.05, 3.63) is 125 Å². The fraction of sp³-hybridized carbons (Fsp3) is 0.138. The summed E-state index contributed by atoms with van der Waals surface area (Å²) in [5, 5.41) is 0.732. The minimum absolute atomic E-state index is 0.192. The van der Waals surface area contributed by atoms with Crippen molar-refractivity contribution in [2.24, 2.45) is 0 Å². The summed E-state index contributed by atoms with van der Waals surface area (Å²) in [5.41, 5.74) is 3.90. The normalized spacial score (nSPS) is 10.6. The van der Waals surface area contributed by atoms with Crippen LogP contribution in [0.4, 0.5) is 13.2 Å². The third-order valence-corrected chi connectivity index (χ3v) is 5.47. The van der Waals surface area contributed by atoms with Gasteiger partial charge in [0.25, 0.3) is 0 Å². The second kappa shape index (κ2) is 10.2. The number of hydrogen-bond acceptors (Lipinski definition) is 1. The second-order valence-corrected chi connectivity index (χ2v) is 7.85. The summed E-state index contributed by atoms with van der Waals surface area (Å²) >= 11 is 0. The maximum atomic E-state index is 14.6. The van der Waals surface area contributed by atoms with Crippen molar-refractivity contribution in [2.45, 2.75) is 25.7 Å². The van der Waals surface area contributed by atoms with E-state index in [4.69, 9.17) is 0 Å². The molecule has 4 rings (SSSR count). The average Bonchev–Trinajstić information content (AvgIpc) is 2.84. The Balaban J connectivity index is 1.43. The zero-order valence-electron chi connectivity index (χ0n) is 18.0. The maximum Gasteiger partial charge on any atom is 0.166 e. The highest BCUT2D eigenvalue weighted by atomic mass is 19.2. The van der Waals surface area contributed by atoms with E-state index in [-0.39, 0.29) is 16.8 Å². The molecule has 3 aromatic carbocycles. The van der Waals surface area contributed by atoms with Crippen LogP contribution < -0.4 is 0 Å². The topological polar surface area (TPSA) is 12.9 Å². The van der Waals surface area contributed by atoms with Crippen molar-refractivity contribution in [2.75, 3.05) is 0 Å². The van der Waals surface area contributed by atoms with E-state index in [1.807, 2.05) is 24.4 Å². The number of nitrogens with zero attached hydrogens (tertiary/aromatic N) is 1. The average molecular weight is 441 g/mol. The van der Waals surface area contributed by atoms with Crippen LogP contribution in [-0.2, 0) is 19.3 Å². The molecule has 0 aliphatic rings. The molecule has 0 saturated heterocycles. The summed E-state index contributed by atoms with van der Waals surface area (Å²) < 4.78 is 41.8. The molecule has 0 bridgehead atoms. The van der Waals surface area contributed by atoms with Gasteiger partial charge in [-0.1, -0.05) is 42.2 Å². The van der Waals surface area contributed by atoms with Gasteiger partial charge in [0.2, 0.25) is 0 Å². The van der Waals surface area contributed by atoms with Crippen LogP contribution in [-0.4, -0.2) is 4.98 Å².